The predicted molar refractivity (Wildman–Crippen MR) is 278 cm³/mol. The zero-order valence-corrected chi connectivity index (χ0v) is 38.1. The van der Waals surface area contributed by atoms with Crippen molar-refractivity contribution in [3.63, 3.8) is 0 Å². The van der Waals surface area contributed by atoms with Crippen LogP contribution in [0.1, 0.15) is 52.7 Å². The van der Waals surface area contributed by atoms with E-state index in [2.05, 4.69) is 191 Å². The van der Waals surface area contributed by atoms with E-state index in [0.29, 0.717) is 0 Å². The van der Waals surface area contributed by atoms with E-state index in [9.17, 15) is 0 Å². The largest absolute Gasteiger partial charge is 0.355 e. The minimum Gasteiger partial charge on any atom is -0.355 e. The first-order valence-electron chi connectivity index (χ1n) is 21.7. The Morgan fingerprint density at radius 2 is 1.05 bits per heavy atom. The zero-order valence-electron chi connectivity index (χ0n) is 35.7. The lowest BCUT2D eigenvalue weighted by molar-refractivity contribution is 0.590. The maximum atomic E-state index is 3.98. The van der Waals surface area contributed by atoms with Gasteiger partial charge >= 0.3 is 0 Å². The van der Waals surface area contributed by atoms with Gasteiger partial charge in [-0.25, -0.2) is 0 Å². The normalized spacial score (nSPS) is 13.1. The number of aromatic nitrogens is 1. The second-order valence-electron chi connectivity index (χ2n) is 19.4. The molecule has 0 spiro atoms. The van der Waals surface area contributed by atoms with Gasteiger partial charge in [-0.15, -0.1) is 34.0 Å². The van der Waals surface area contributed by atoms with Crippen LogP contribution in [0, 0.1) is 0 Å². The van der Waals surface area contributed by atoms with Crippen molar-refractivity contribution in [1.82, 2.24) is 4.57 Å². The summed E-state index contributed by atoms with van der Waals surface area (Å²) in [5.74, 6) is 0. The number of nitrogens with zero attached hydrogens (tertiary/aromatic N) is 1. The van der Waals surface area contributed by atoms with Gasteiger partial charge in [-0.1, -0.05) is 114 Å². The lowest BCUT2D eigenvalue weighted by Gasteiger charge is -2.24. The summed E-state index contributed by atoms with van der Waals surface area (Å²) in [5.41, 5.74) is 14.3. The Morgan fingerprint density at radius 3 is 1.76 bits per heavy atom. The number of fused-ring (bicyclic) bond motifs is 14. The molecule has 1 N–H and O–H groups in total. The van der Waals surface area contributed by atoms with Crippen molar-refractivity contribution in [1.29, 1.82) is 0 Å². The summed E-state index contributed by atoms with van der Waals surface area (Å²) < 4.78 is 10.6. The van der Waals surface area contributed by atoms with Gasteiger partial charge in [0.15, 0.2) is 7.28 Å². The van der Waals surface area contributed by atoms with Gasteiger partial charge in [0.25, 0.3) is 0 Å². The van der Waals surface area contributed by atoms with Gasteiger partial charge in [-0.05, 0) is 106 Å². The highest BCUT2D eigenvalue weighted by atomic mass is 32.1. The van der Waals surface area contributed by atoms with Crippen LogP contribution in [0.3, 0.4) is 0 Å². The lowest BCUT2D eigenvalue weighted by Crippen LogP contribution is -2.37. The summed E-state index contributed by atoms with van der Waals surface area (Å²) in [5, 5.41) is 14.6. The van der Waals surface area contributed by atoms with Gasteiger partial charge < -0.3 is 9.88 Å². The summed E-state index contributed by atoms with van der Waals surface area (Å²) in [6, 6.07) is 53.7. The number of benzene rings is 8. The third-order valence-corrected chi connectivity index (χ3v) is 16.9. The van der Waals surface area contributed by atoms with Crippen LogP contribution < -0.4 is 16.2 Å². The Hall–Kier alpha value is -5.92. The smallest absolute Gasteiger partial charge is 0.198 e. The minimum absolute atomic E-state index is 0.0582. The molecule has 0 fully saturated rings. The number of thiophene rings is 3. The monoisotopic (exact) mass is 850 g/mol. The molecule has 4 aromatic heterocycles. The second-order valence-corrected chi connectivity index (χ2v) is 22.7. The first-order valence-corrected chi connectivity index (χ1v) is 24.1. The van der Waals surface area contributed by atoms with Gasteiger partial charge in [-0.2, -0.15) is 0 Å². The Balaban J connectivity index is 1.12. The van der Waals surface area contributed by atoms with Gasteiger partial charge in [0.1, 0.15) is 0 Å². The molecular weight excluding hydrogens is 808 g/mol. The van der Waals surface area contributed by atoms with E-state index in [-0.39, 0.29) is 10.8 Å². The third-order valence-electron chi connectivity index (χ3n) is 13.5. The average Bonchev–Trinajstić information content (AvgIpc) is 4.00. The fraction of sp³-hybridized carbons (Fsp3) is 0.143. The average molecular weight is 851 g/mol. The van der Waals surface area contributed by atoms with Crippen LogP contribution in [0.2, 0.25) is 0 Å². The van der Waals surface area contributed by atoms with E-state index in [1.807, 2.05) is 34.0 Å². The highest BCUT2D eigenvalue weighted by Gasteiger charge is 2.29. The molecule has 0 unspecified atom stereocenters. The quantitative estimate of drug-likeness (QED) is 0.175. The Labute approximate surface area is 373 Å². The van der Waals surface area contributed by atoms with E-state index in [4.69, 9.17) is 0 Å². The molecule has 0 aliphatic carbocycles. The van der Waals surface area contributed by atoms with E-state index in [1.54, 1.807) is 0 Å². The molecule has 1 aliphatic heterocycles. The van der Waals surface area contributed by atoms with Gasteiger partial charge in [0.05, 0.1) is 5.52 Å². The van der Waals surface area contributed by atoms with Crippen LogP contribution in [-0.4, -0.2) is 11.8 Å². The topological polar surface area (TPSA) is 17.0 Å². The fourth-order valence-electron chi connectivity index (χ4n) is 10.2. The highest BCUT2D eigenvalue weighted by molar-refractivity contribution is 7.26. The van der Waals surface area contributed by atoms with Gasteiger partial charge in [-0.3, -0.25) is 0 Å². The summed E-state index contributed by atoms with van der Waals surface area (Å²) in [7, 11) is 0.857. The summed E-state index contributed by atoms with van der Waals surface area (Å²) >= 11 is 5.72. The molecule has 298 valence electrons. The third kappa shape index (κ3) is 5.39. The molecule has 0 radical (unpaired) electrons. The number of anilines is 2. The highest BCUT2D eigenvalue weighted by Crippen LogP contribution is 2.46. The van der Waals surface area contributed by atoms with Crippen LogP contribution in [0.15, 0.2) is 140 Å². The maximum absolute atomic E-state index is 3.98. The van der Waals surface area contributed by atoms with Crippen molar-refractivity contribution < 1.29 is 0 Å². The van der Waals surface area contributed by atoms with Crippen LogP contribution >= 0.6 is 34.0 Å². The van der Waals surface area contributed by atoms with Crippen molar-refractivity contribution >= 4 is 146 Å². The molecule has 12 aromatic rings. The van der Waals surface area contributed by atoms with E-state index in [0.717, 1.165) is 18.7 Å². The standard InChI is InChI=1S/C56H43BN2S3/c1-55(2,3)30-15-18-32(19-16-30)58-44-29-52-40(39-23-31(56(4,5)6)17-22-49(39)62-52)24-37(44)35-20-21-36-38-27-50-41(33-11-7-9-13-47(33)60-50)25-45(38)59-46-26-42-34-12-8-10-14-48(34)61-51(42)28-43(46)57-53(35)54(36)59/h7-29,57-58H,1-6H3. The molecule has 2 nitrogen and oxygen atoms in total. The molecule has 13 rings (SSSR count). The molecule has 5 heterocycles. The predicted octanol–water partition coefficient (Wildman–Crippen LogP) is 15.6. The Bertz CT molecular complexity index is 3880. The van der Waals surface area contributed by atoms with Crippen molar-refractivity contribution in [2.45, 2.75) is 52.4 Å². The first-order chi connectivity index (χ1) is 29.9. The molecule has 0 saturated heterocycles. The van der Waals surface area contributed by atoms with Crippen molar-refractivity contribution in [2.75, 3.05) is 5.32 Å². The molecule has 6 heteroatoms. The Kier molecular flexibility index (Phi) is 7.59. The van der Waals surface area contributed by atoms with Gasteiger partial charge in [0, 0.05) is 99.4 Å². The Morgan fingerprint density at radius 1 is 0.452 bits per heavy atom. The zero-order chi connectivity index (χ0) is 41.8. The minimum atomic E-state index is 0.0582. The summed E-state index contributed by atoms with van der Waals surface area (Å²) in [6.07, 6.45) is 0. The van der Waals surface area contributed by atoms with Crippen molar-refractivity contribution in [2.24, 2.45) is 0 Å². The van der Waals surface area contributed by atoms with Crippen molar-refractivity contribution in [3.05, 3.63) is 151 Å². The SMILES string of the molecule is CC(C)(C)c1ccc(Nc2cc3sc4ccc(C(C)(C)C)cc4c3cc2-c2ccc3c4cc5sc6ccccc6c5cc4n4c3c2Bc2cc3sc5ccccc5c3cc2-4)cc1. The molecule has 8 aromatic carbocycles. The molecule has 1 aliphatic rings. The van der Waals surface area contributed by atoms with E-state index in [1.165, 1.54) is 121 Å². The molecule has 0 saturated carbocycles. The fourth-order valence-corrected chi connectivity index (χ4v) is 13.6. The van der Waals surface area contributed by atoms with Crippen LogP contribution in [-0.2, 0) is 10.8 Å². The number of hydrogen-bond donors (Lipinski definition) is 1. The van der Waals surface area contributed by atoms with Crippen molar-refractivity contribution in [3.8, 4) is 16.8 Å². The van der Waals surface area contributed by atoms with Gasteiger partial charge in [0.2, 0.25) is 0 Å². The van der Waals surface area contributed by atoms with E-state index < -0.39 is 0 Å². The summed E-state index contributed by atoms with van der Waals surface area (Å²) in [6.45, 7) is 13.8. The second kappa shape index (κ2) is 12.8. The molecule has 62 heavy (non-hydrogen) atoms. The van der Waals surface area contributed by atoms with Crippen LogP contribution in [0.5, 0.6) is 0 Å². The number of rotatable bonds is 3. The number of nitrogens with one attached hydrogen (secondary N) is 1. The van der Waals surface area contributed by atoms with E-state index >= 15 is 0 Å². The number of hydrogen-bond acceptors (Lipinski definition) is 4. The molecule has 0 amide bonds. The molecular formula is C56H43BN2S3. The summed E-state index contributed by atoms with van der Waals surface area (Å²) in [4.78, 5) is 0. The van der Waals surface area contributed by atoms with Crippen LogP contribution in [0.25, 0.3) is 99.1 Å². The van der Waals surface area contributed by atoms with Crippen LogP contribution in [0.4, 0.5) is 11.4 Å². The molecule has 0 bridgehead atoms. The maximum Gasteiger partial charge on any atom is 0.198 e. The lowest BCUT2D eigenvalue weighted by atomic mass is 9.59. The first kappa shape index (κ1) is 36.7. The molecule has 0 atom stereocenters.